The molecule has 0 aliphatic heterocycles. The van der Waals surface area contributed by atoms with Gasteiger partial charge in [-0.05, 0) is 42.0 Å². The fourth-order valence-electron chi connectivity index (χ4n) is 2.14. The van der Waals surface area contributed by atoms with E-state index in [0.717, 1.165) is 29.0 Å². The van der Waals surface area contributed by atoms with Gasteiger partial charge in [0.15, 0.2) is 0 Å². The Balaban J connectivity index is 2.00. The molecule has 1 N–H and O–H groups in total. The second-order valence-corrected chi connectivity index (χ2v) is 5.71. The molecule has 0 fully saturated rings. The van der Waals surface area contributed by atoms with E-state index in [1.165, 1.54) is 0 Å². The third-order valence-corrected chi connectivity index (χ3v) is 4.31. The summed E-state index contributed by atoms with van der Waals surface area (Å²) in [4.78, 5) is 17.5. The number of carbonyl (C=O) groups excluding carboxylic acids is 1. The van der Waals surface area contributed by atoms with E-state index in [-0.39, 0.29) is 11.8 Å². The smallest absolute Gasteiger partial charge is 0.223 e. The summed E-state index contributed by atoms with van der Waals surface area (Å²) in [5.74, 6) is 0.262. The average molecular weight is 288 g/mol. The average Bonchev–Trinajstić information content (AvgIpc) is 3.01. The summed E-state index contributed by atoms with van der Waals surface area (Å²) >= 11 is 1.67. The van der Waals surface area contributed by atoms with Gasteiger partial charge in [0.2, 0.25) is 5.91 Å². The summed E-state index contributed by atoms with van der Waals surface area (Å²) in [5.41, 5.74) is 2.05. The lowest BCUT2D eigenvalue weighted by Crippen LogP contribution is -2.29. The van der Waals surface area contributed by atoms with E-state index in [2.05, 4.69) is 30.2 Å². The molecule has 0 unspecified atom stereocenters. The Morgan fingerprint density at radius 1 is 1.35 bits per heavy atom. The monoisotopic (exact) mass is 288 g/mol. The summed E-state index contributed by atoms with van der Waals surface area (Å²) in [6.45, 7) is 4.67. The molecular weight excluding hydrogens is 268 g/mol. The zero-order chi connectivity index (χ0) is 14.4. The number of thiophene rings is 1. The van der Waals surface area contributed by atoms with Crippen LogP contribution in [0.1, 0.15) is 32.3 Å². The van der Waals surface area contributed by atoms with Crippen LogP contribution in [-0.4, -0.2) is 10.9 Å². The molecule has 2 aromatic heterocycles. The standard InChI is InChI=1S/C16H20N2OS/c1-3-13(4-2)16(19)18-11-12-7-8-17-14(10-12)15-6-5-9-20-15/h5-10,13H,3-4,11H2,1-2H3,(H,18,19). The minimum atomic E-state index is 0.119. The molecule has 2 rings (SSSR count). The number of nitrogens with one attached hydrogen (secondary N) is 1. The third-order valence-electron chi connectivity index (χ3n) is 3.42. The Morgan fingerprint density at radius 3 is 2.80 bits per heavy atom. The zero-order valence-electron chi connectivity index (χ0n) is 11.9. The van der Waals surface area contributed by atoms with Crippen molar-refractivity contribution in [3.05, 3.63) is 41.4 Å². The fourth-order valence-corrected chi connectivity index (χ4v) is 2.83. The molecule has 0 saturated carbocycles. The molecule has 0 aromatic carbocycles. The van der Waals surface area contributed by atoms with Gasteiger partial charge in [0.05, 0.1) is 10.6 Å². The van der Waals surface area contributed by atoms with Gasteiger partial charge in [0.25, 0.3) is 0 Å². The summed E-state index contributed by atoms with van der Waals surface area (Å²) in [5, 5.41) is 5.05. The highest BCUT2D eigenvalue weighted by atomic mass is 32.1. The van der Waals surface area contributed by atoms with E-state index < -0.39 is 0 Å². The van der Waals surface area contributed by atoms with Gasteiger partial charge in [-0.2, -0.15) is 0 Å². The molecule has 20 heavy (non-hydrogen) atoms. The predicted octanol–water partition coefficient (Wildman–Crippen LogP) is 3.86. The van der Waals surface area contributed by atoms with Crippen LogP contribution >= 0.6 is 11.3 Å². The molecule has 1 amide bonds. The predicted molar refractivity (Wildman–Crippen MR) is 83.5 cm³/mol. The van der Waals surface area contributed by atoms with Crippen LogP contribution < -0.4 is 5.32 Å². The van der Waals surface area contributed by atoms with Gasteiger partial charge < -0.3 is 5.32 Å². The lowest BCUT2D eigenvalue weighted by atomic mass is 10.0. The molecule has 0 aliphatic carbocycles. The normalized spacial score (nSPS) is 10.8. The molecule has 0 bridgehead atoms. The van der Waals surface area contributed by atoms with Crippen LogP contribution in [0.4, 0.5) is 0 Å². The Hall–Kier alpha value is -1.68. The van der Waals surface area contributed by atoms with Crippen LogP contribution in [0.5, 0.6) is 0 Å². The van der Waals surface area contributed by atoms with Crippen molar-refractivity contribution in [1.82, 2.24) is 10.3 Å². The lowest BCUT2D eigenvalue weighted by Gasteiger charge is -2.12. The molecule has 0 radical (unpaired) electrons. The topological polar surface area (TPSA) is 42.0 Å². The quantitative estimate of drug-likeness (QED) is 0.877. The van der Waals surface area contributed by atoms with E-state index in [1.54, 1.807) is 17.5 Å². The van der Waals surface area contributed by atoms with Crippen LogP contribution in [0.3, 0.4) is 0 Å². The maximum Gasteiger partial charge on any atom is 0.223 e. The number of rotatable bonds is 6. The Bertz CT molecular complexity index is 547. The first kappa shape index (κ1) is 14.7. The van der Waals surface area contributed by atoms with E-state index >= 15 is 0 Å². The lowest BCUT2D eigenvalue weighted by molar-refractivity contribution is -0.125. The van der Waals surface area contributed by atoms with Gasteiger partial charge in [-0.25, -0.2) is 0 Å². The molecule has 4 heteroatoms. The Kier molecular flexibility index (Phi) is 5.30. The second kappa shape index (κ2) is 7.20. The SMILES string of the molecule is CCC(CC)C(=O)NCc1ccnc(-c2cccs2)c1. The first-order valence-corrected chi connectivity index (χ1v) is 7.89. The molecule has 0 aliphatic rings. The van der Waals surface area contributed by atoms with Gasteiger partial charge in [-0.15, -0.1) is 11.3 Å². The Labute approximate surface area is 124 Å². The van der Waals surface area contributed by atoms with Crippen LogP contribution in [0, 0.1) is 5.92 Å². The largest absolute Gasteiger partial charge is 0.352 e. The summed E-state index contributed by atoms with van der Waals surface area (Å²) < 4.78 is 0. The van der Waals surface area contributed by atoms with Gasteiger partial charge in [-0.3, -0.25) is 9.78 Å². The molecule has 0 atom stereocenters. The molecule has 0 spiro atoms. The molecule has 0 saturated heterocycles. The van der Waals surface area contributed by atoms with Crippen molar-refractivity contribution in [2.75, 3.05) is 0 Å². The summed E-state index contributed by atoms with van der Waals surface area (Å²) in [6.07, 6.45) is 3.58. The summed E-state index contributed by atoms with van der Waals surface area (Å²) in [7, 11) is 0. The Morgan fingerprint density at radius 2 is 2.15 bits per heavy atom. The number of hydrogen-bond acceptors (Lipinski definition) is 3. The highest BCUT2D eigenvalue weighted by Gasteiger charge is 2.13. The summed E-state index contributed by atoms with van der Waals surface area (Å²) in [6, 6.07) is 8.06. The van der Waals surface area contributed by atoms with Crippen LogP contribution in [0.15, 0.2) is 35.8 Å². The highest BCUT2D eigenvalue weighted by Crippen LogP contribution is 2.23. The first-order valence-electron chi connectivity index (χ1n) is 7.01. The van der Waals surface area contributed by atoms with Crippen molar-refractivity contribution in [1.29, 1.82) is 0 Å². The van der Waals surface area contributed by atoms with Crippen molar-refractivity contribution in [2.24, 2.45) is 5.92 Å². The molecule has 2 heterocycles. The highest BCUT2D eigenvalue weighted by molar-refractivity contribution is 7.13. The minimum absolute atomic E-state index is 0.119. The maximum atomic E-state index is 12.0. The number of hydrogen-bond donors (Lipinski definition) is 1. The van der Waals surface area contributed by atoms with Crippen LogP contribution in [-0.2, 0) is 11.3 Å². The number of pyridine rings is 1. The minimum Gasteiger partial charge on any atom is -0.352 e. The van der Waals surface area contributed by atoms with Gasteiger partial charge in [0.1, 0.15) is 0 Å². The van der Waals surface area contributed by atoms with Crippen molar-refractivity contribution < 1.29 is 4.79 Å². The van der Waals surface area contributed by atoms with E-state index in [9.17, 15) is 4.79 Å². The fraction of sp³-hybridized carbons (Fsp3) is 0.375. The van der Waals surface area contributed by atoms with Gasteiger partial charge >= 0.3 is 0 Å². The van der Waals surface area contributed by atoms with E-state index in [1.807, 2.05) is 23.6 Å². The van der Waals surface area contributed by atoms with Crippen LogP contribution in [0.2, 0.25) is 0 Å². The molecule has 106 valence electrons. The molecule has 3 nitrogen and oxygen atoms in total. The van der Waals surface area contributed by atoms with Crippen molar-refractivity contribution in [3.63, 3.8) is 0 Å². The third kappa shape index (κ3) is 3.67. The zero-order valence-corrected chi connectivity index (χ0v) is 12.7. The molecular formula is C16H20N2OS. The molecule has 2 aromatic rings. The number of carbonyl (C=O) groups is 1. The van der Waals surface area contributed by atoms with Crippen molar-refractivity contribution in [2.45, 2.75) is 33.2 Å². The van der Waals surface area contributed by atoms with Gasteiger partial charge in [0, 0.05) is 18.7 Å². The second-order valence-electron chi connectivity index (χ2n) is 4.76. The first-order chi connectivity index (χ1) is 9.74. The maximum absolute atomic E-state index is 12.0. The van der Waals surface area contributed by atoms with Crippen molar-refractivity contribution in [3.8, 4) is 10.6 Å². The number of aromatic nitrogens is 1. The van der Waals surface area contributed by atoms with E-state index in [0.29, 0.717) is 6.54 Å². The van der Waals surface area contributed by atoms with Crippen molar-refractivity contribution >= 4 is 17.2 Å². The van der Waals surface area contributed by atoms with Gasteiger partial charge in [-0.1, -0.05) is 19.9 Å². The van der Waals surface area contributed by atoms with Crippen LogP contribution in [0.25, 0.3) is 10.6 Å². The number of amides is 1. The number of nitrogens with zero attached hydrogens (tertiary/aromatic N) is 1. The van der Waals surface area contributed by atoms with E-state index in [4.69, 9.17) is 0 Å².